The maximum atomic E-state index is 8.36. The van der Waals surface area contributed by atoms with Gasteiger partial charge in [-0.15, -0.1) is 0 Å². The summed E-state index contributed by atoms with van der Waals surface area (Å²) in [6, 6.07) is 7.95. The number of halogens is 2. The third-order valence-corrected chi connectivity index (χ3v) is 2.72. The minimum Gasteiger partial charge on any atom is -0.371 e. The third kappa shape index (κ3) is 2.64. The Morgan fingerprint density at radius 3 is 3.00 bits per heavy atom. The maximum absolute atomic E-state index is 8.36. The summed E-state index contributed by atoms with van der Waals surface area (Å²) in [5.74, 6) is 0. The molecule has 1 aromatic carbocycles. The monoisotopic (exact) mass is 336 g/mol. The standard InChI is InChI=1S/C8H6BrIN2/c9-6-1-2-7(10)8(5-6)12-4-3-11/h1-2,5,12H,4H2. The van der Waals surface area contributed by atoms with Crippen molar-refractivity contribution in [3.8, 4) is 6.07 Å². The van der Waals surface area contributed by atoms with Gasteiger partial charge in [0.15, 0.2) is 0 Å². The summed E-state index contributed by atoms with van der Waals surface area (Å²) in [5.41, 5.74) is 0.992. The van der Waals surface area contributed by atoms with Gasteiger partial charge in [0.05, 0.1) is 6.07 Å². The van der Waals surface area contributed by atoms with Gasteiger partial charge < -0.3 is 5.32 Å². The molecule has 0 aromatic heterocycles. The number of nitrogens with zero attached hydrogens (tertiary/aromatic N) is 1. The molecule has 0 bridgehead atoms. The topological polar surface area (TPSA) is 35.8 Å². The van der Waals surface area contributed by atoms with Gasteiger partial charge in [-0.1, -0.05) is 15.9 Å². The van der Waals surface area contributed by atoms with Crippen molar-refractivity contribution in [3.05, 3.63) is 26.2 Å². The van der Waals surface area contributed by atoms with Gasteiger partial charge in [-0.05, 0) is 40.8 Å². The number of nitrogens with one attached hydrogen (secondary N) is 1. The lowest BCUT2D eigenvalue weighted by Gasteiger charge is -2.04. The molecule has 1 N–H and O–H groups in total. The predicted octanol–water partition coefficient (Wildman–Crippen LogP) is 2.99. The van der Waals surface area contributed by atoms with Crippen molar-refractivity contribution in [2.24, 2.45) is 0 Å². The first-order valence-electron chi connectivity index (χ1n) is 3.30. The van der Waals surface area contributed by atoms with Crippen molar-refractivity contribution < 1.29 is 0 Å². The van der Waals surface area contributed by atoms with Crippen LogP contribution in [0.1, 0.15) is 0 Å². The SMILES string of the molecule is N#CCNc1cc(Br)ccc1I. The number of anilines is 1. The molecule has 1 rings (SSSR count). The molecule has 2 nitrogen and oxygen atoms in total. The molecule has 12 heavy (non-hydrogen) atoms. The van der Waals surface area contributed by atoms with E-state index in [1.165, 1.54) is 0 Å². The van der Waals surface area contributed by atoms with Crippen molar-refractivity contribution >= 4 is 44.2 Å². The number of nitriles is 1. The zero-order valence-corrected chi connectivity index (χ0v) is 9.89. The number of hydrogen-bond donors (Lipinski definition) is 1. The molecule has 0 heterocycles. The van der Waals surface area contributed by atoms with E-state index >= 15 is 0 Å². The van der Waals surface area contributed by atoms with E-state index in [9.17, 15) is 0 Å². The fourth-order valence-electron chi connectivity index (χ4n) is 0.768. The van der Waals surface area contributed by atoms with E-state index in [2.05, 4.69) is 43.8 Å². The molecule has 0 aliphatic heterocycles. The van der Waals surface area contributed by atoms with Crippen LogP contribution in [0.2, 0.25) is 0 Å². The molecule has 0 aliphatic carbocycles. The van der Waals surface area contributed by atoms with Crippen LogP contribution in [0.4, 0.5) is 5.69 Å². The van der Waals surface area contributed by atoms with Crippen LogP contribution in [0.25, 0.3) is 0 Å². The van der Waals surface area contributed by atoms with E-state index in [0.717, 1.165) is 13.7 Å². The van der Waals surface area contributed by atoms with Gasteiger partial charge in [0.25, 0.3) is 0 Å². The highest BCUT2D eigenvalue weighted by Gasteiger charge is 1.98. The summed E-state index contributed by atoms with van der Waals surface area (Å²) in [6.07, 6.45) is 0. The highest BCUT2D eigenvalue weighted by molar-refractivity contribution is 14.1. The zero-order chi connectivity index (χ0) is 8.97. The van der Waals surface area contributed by atoms with Crippen LogP contribution in [0.5, 0.6) is 0 Å². The minimum atomic E-state index is 0.340. The molecule has 0 spiro atoms. The molecular formula is C8H6BrIN2. The van der Waals surface area contributed by atoms with Gasteiger partial charge in [0.2, 0.25) is 0 Å². The maximum Gasteiger partial charge on any atom is 0.103 e. The number of rotatable bonds is 2. The Labute approximate surface area is 93.2 Å². The lowest BCUT2D eigenvalue weighted by atomic mass is 10.3. The number of hydrogen-bond acceptors (Lipinski definition) is 2. The van der Waals surface area contributed by atoms with E-state index in [-0.39, 0.29) is 0 Å². The summed E-state index contributed by atoms with van der Waals surface area (Å²) < 4.78 is 2.13. The predicted molar refractivity (Wildman–Crippen MR) is 61.0 cm³/mol. The smallest absolute Gasteiger partial charge is 0.103 e. The third-order valence-electron chi connectivity index (χ3n) is 1.29. The first kappa shape index (κ1) is 9.81. The Morgan fingerprint density at radius 1 is 1.58 bits per heavy atom. The quantitative estimate of drug-likeness (QED) is 0.665. The van der Waals surface area contributed by atoms with Gasteiger partial charge in [0.1, 0.15) is 6.54 Å². The molecule has 0 amide bonds. The van der Waals surface area contributed by atoms with Crippen LogP contribution >= 0.6 is 38.5 Å². The van der Waals surface area contributed by atoms with Gasteiger partial charge in [-0.2, -0.15) is 5.26 Å². The highest BCUT2D eigenvalue weighted by atomic mass is 127. The first-order chi connectivity index (χ1) is 5.74. The van der Waals surface area contributed by atoms with Crippen LogP contribution in [-0.4, -0.2) is 6.54 Å². The van der Waals surface area contributed by atoms with Gasteiger partial charge >= 0.3 is 0 Å². The highest BCUT2D eigenvalue weighted by Crippen LogP contribution is 2.22. The van der Waals surface area contributed by atoms with Crippen LogP contribution in [-0.2, 0) is 0 Å². The molecule has 0 radical (unpaired) electrons. The van der Waals surface area contributed by atoms with E-state index in [4.69, 9.17) is 5.26 Å². The molecule has 0 saturated carbocycles. The Morgan fingerprint density at radius 2 is 2.33 bits per heavy atom. The van der Waals surface area contributed by atoms with E-state index in [1.807, 2.05) is 24.3 Å². The lowest BCUT2D eigenvalue weighted by Crippen LogP contribution is -1.99. The van der Waals surface area contributed by atoms with E-state index in [0.29, 0.717) is 6.54 Å². The van der Waals surface area contributed by atoms with Crippen molar-refractivity contribution in [2.45, 2.75) is 0 Å². The van der Waals surface area contributed by atoms with Crippen LogP contribution in [0.3, 0.4) is 0 Å². The molecule has 0 fully saturated rings. The summed E-state index contributed by atoms with van der Waals surface area (Å²) >= 11 is 5.59. The fourth-order valence-corrected chi connectivity index (χ4v) is 1.65. The summed E-state index contributed by atoms with van der Waals surface area (Å²) in [7, 11) is 0. The Bertz CT molecular complexity index is 319. The molecule has 0 aliphatic rings. The summed E-state index contributed by atoms with van der Waals surface area (Å²) in [5, 5.41) is 11.4. The summed E-state index contributed by atoms with van der Waals surface area (Å²) in [4.78, 5) is 0. The molecule has 0 atom stereocenters. The van der Waals surface area contributed by atoms with Crippen molar-refractivity contribution in [1.29, 1.82) is 5.26 Å². The Hall–Kier alpha value is -0.280. The van der Waals surface area contributed by atoms with E-state index < -0.39 is 0 Å². The second-order valence-electron chi connectivity index (χ2n) is 2.14. The first-order valence-corrected chi connectivity index (χ1v) is 5.17. The zero-order valence-electron chi connectivity index (χ0n) is 6.14. The van der Waals surface area contributed by atoms with Crippen molar-refractivity contribution in [2.75, 3.05) is 11.9 Å². The average Bonchev–Trinajstić information content (AvgIpc) is 2.07. The molecule has 0 unspecified atom stereocenters. The van der Waals surface area contributed by atoms with Crippen molar-refractivity contribution in [1.82, 2.24) is 0 Å². The van der Waals surface area contributed by atoms with Crippen molar-refractivity contribution in [3.63, 3.8) is 0 Å². The van der Waals surface area contributed by atoms with Gasteiger partial charge in [-0.25, -0.2) is 0 Å². The van der Waals surface area contributed by atoms with Crippen LogP contribution in [0, 0.1) is 14.9 Å². The molecular weight excluding hydrogens is 331 g/mol. The normalized spacial score (nSPS) is 9.08. The number of benzene rings is 1. The summed E-state index contributed by atoms with van der Waals surface area (Å²) in [6.45, 7) is 0.340. The lowest BCUT2D eigenvalue weighted by molar-refractivity contribution is 1.31. The fraction of sp³-hybridized carbons (Fsp3) is 0.125. The Balaban J connectivity index is 2.84. The van der Waals surface area contributed by atoms with Gasteiger partial charge in [0, 0.05) is 13.7 Å². The second-order valence-corrected chi connectivity index (χ2v) is 4.21. The molecule has 1 aromatic rings. The largest absolute Gasteiger partial charge is 0.371 e. The van der Waals surface area contributed by atoms with Crippen LogP contribution < -0.4 is 5.32 Å². The average molecular weight is 337 g/mol. The van der Waals surface area contributed by atoms with Crippen LogP contribution in [0.15, 0.2) is 22.7 Å². The molecule has 62 valence electrons. The Kier molecular flexibility index (Phi) is 3.82. The minimum absolute atomic E-state index is 0.340. The van der Waals surface area contributed by atoms with Gasteiger partial charge in [-0.3, -0.25) is 0 Å². The molecule has 0 saturated heterocycles. The second kappa shape index (κ2) is 4.67. The van der Waals surface area contributed by atoms with E-state index in [1.54, 1.807) is 0 Å². The molecule has 4 heteroatoms.